The van der Waals surface area contributed by atoms with Crippen molar-refractivity contribution < 1.29 is 17.4 Å². The van der Waals surface area contributed by atoms with E-state index >= 15 is 0 Å². The molecular formula is C23H16F3NOS. The summed E-state index contributed by atoms with van der Waals surface area (Å²) < 4.78 is 54.1. The van der Waals surface area contributed by atoms with E-state index in [0.717, 1.165) is 10.8 Å². The molecule has 146 valence electrons. The van der Waals surface area contributed by atoms with Gasteiger partial charge in [-0.3, -0.25) is 4.21 Å². The van der Waals surface area contributed by atoms with E-state index in [1.165, 1.54) is 6.07 Å². The summed E-state index contributed by atoms with van der Waals surface area (Å²) in [5.74, 6) is -0.708. The van der Waals surface area contributed by atoms with E-state index < -0.39 is 28.4 Å². The topological polar surface area (TPSA) is 29.4 Å². The number of alkyl halides is 3. The van der Waals surface area contributed by atoms with Gasteiger partial charge in [-0.25, -0.2) is 4.99 Å². The van der Waals surface area contributed by atoms with Gasteiger partial charge in [-0.2, -0.15) is 13.2 Å². The summed E-state index contributed by atoms with van der Waals surface area (Å²) in [5, 5.41) is 2.93. The van der Waals surface area contributed by atoms with E-state index in [1.54, 1.807) is 42.5 Å². The van der Waals surface area contributed by atoms with Crippen molar-refractivity contribution in [2.45, 2.75) is 11.1 Å². The number of aliphatic imine (C=N–C) groups is 1. The molecule has 4 rings (SSSR count). The average Bonchev–Trinajstić information content (AvgIpc) is 2.72. The Labute approximate surface area is 168 Å². The van der Waals surface area contributed by atoms with Gasteiger partial charge in [-0.1, -0.05) is 72.8 Å². The summed E-state index contributed by atoms with van der Waals surface area (Å²) in [6.45, 7) is 0. The van der Waals surface area contributed by atoms with Gasteiger partial charge in [0.25, 0.3) is 0 Å². The molecule has 2 nitrogen and oxygen atoms in total. The van der Waals surface area contributed by atoms with Gasteiger partial charge in [-0.15, -0.1) is 0 Å². The second kappa shape index (κ2) is 7.79. The largest absolute Gasteiger partial charge is 0.430 e. The Morgan fingerprint density at radius 2 is 1.31 bits per heavy atom. The molecule has 1 atom stereocenters. The molecule has 0 spiro atoms. The SMILES string of the molecule is O=S(CC(=Nc1cccc2ccccc12)C(F)(F)F)c1cccc2ccccc12. The Bertz CT molecular complexity index is 1240. The fraction of sp³-hybridized carbons (Fsp3) is 0.0870. The fourth-order valence-corrected chi connectivity index (χ4v) is 4.52. The molecule has 0 N–H and O–H groups in total. The van der Waals surface area contributed by atoms with Crippen LogP contribution >= 0.6 is 0 Å². The Morgan fingerprint density at radius 3 is 2.00 bits per heavy atom. The van der Waals surface area contributed by atoms with Crippen LogP contribution in [-0.4, -0.2) is 21.8 Å². The number of rotatable bonds is 4. The number of halogens is 3. The minimum absolute atomic E-state index is 0.213. The molecule has 0 amide bonds. The summed E-state index contributed by atoms with van der Waals surface area (Å²) in [4.78, 5) is 4.28. The van der Waals surface area contributed by atoms with Crippen LogP contribution in [0.25, 0.3) is 21.5 Å². The van der Waals surface area contributed by atoms with Gasteiger partial charge in [0.15, 0.2) is 0 Å². The van der Waals surface area contributed by atoms with Crippen molar-refractivity contribution in [3.05, 3.63) is 84.9 Å². The molecule has 0 saturated carbocycles. The number of hydrogen-bond acceptors (Lipinski definition) is 2. The zero-order chi connectivity index (χ0) is 20.4. The molecular weight excluding hydrogens is 395 g/mol. The lowest BCUT2D eigenvalue weighted by atomic mass is 10.1. The first-order valence-electron chi connectivity index (χ1n) is 8.92. The minimum Gasteiger partial charge on any atom is -0.254 e. The molecule has 0 saturated heterocycles. The molecule has 0 aliphatic heterocycles. The standard InChI is InChI=1S/C23H16F3NOS/c24-23(25,26)22(27-20-13-5-9-16-7-1-3-11-18(16)20)15-29(28)21-14-6-10-17-8-2-4-12-19(17)21/h1-14H,15H2. The van der Waals surface area contributed by atoms with Crippen molar-refractivity contribution in [3.8, 4) is 0 Å². The summed E-state index contributed by atoms with van der Waals surface area (Å²) in [7, 11) is -1.89. The maximum atomic E-state index is 13.7. The smallest absolute Gasteiger partial charge is 0.254 e. The lowest BCUT2D eigenvalue weighted by Gasteiger charge is -2.13. The number of fused-ring (bicyclic) bond motifs is 2. The highest BCUT2D eigenvalue weighted by atomic mass is 32.2. The van der Waals surface area contributed by atoms with Crippen LogP contribution in [0.5, 0.6) is 0 Å². The lowest BCUT2D eigenvalue weighted by Crippen LogP contribution is -2.28. The minimum atomic E-state index is -4.68. The lowest BCUT2D eigenvalue weighted by molar-refractivity contribution is -0.0589. The van der Waals surface area contributed by atoms with Crippen molar-refractivity contribution in [2.24, 2.45) is 4.99 Å². The van der Waals surface area contributed by atoms with Crippen LogP contribution in [0.1, 0.15) is 0 Å². The molecule has 4 aromatic rings. The molecule has 0 radical (unpaired) electrons. The van der Waals surface area contributed by atoms with E-state index in [1.807, 2.05) is 36.4 Å². The quantitative estimate of drug-likeness (QED) is 0.356. The third-order valence-corrected chi connectivity index (χ3v) is 5.99. The van der Waals surface area contributed by atoms with Crippen molar-refractivity contribution in [1.29, 1.82) is 0 Å². The molecule has 0 aromatic heterocycles. The molecule has 0 heterocycles. The fourth-order valence-electron chi connectivity index (χ4n) is 3.22. The summed E-state index contributed by atoms with van der Waals surface area (Å²) >= 11 is 0. The highest BCUT2D eigenvalue weighted by Gasteiger charge is 2.37. The van der Waals surface area contributed by atoms with Crippen molar-refractivity contribution in [3.63, 3.8) is 0 Å². The first-order chi connectivity index (χ1) is 13.9. The van der Waals surface area contributed by atoms with E-state index in [0.29, 0.717) is 15.7 Å². The van der Waals surface area contributed by atoms with Gasteiger partial charge in [0.2, 0.25) is 0 Å². The Hall–Kier alpha value is -2.99. The molecule has 0 aliphatic rings. The number of hydrogen-bond donors (Lipinski definition) is 0. The van der Waals surface area contributed by atoms with E-state index in [9.17, 15) is 17.4 Å². The predicted octanol–water partition coefficient (Wildman–Crippen LogP) is 6.44. The highest BCUT2D eigenvalue weighted by Crippen LogP contribution is 2.30. The van der Waals surface area contributed by atoms with Crippen LogP contribution in [0.2, 0.25) is 0 Å². The first kappa shape index (κ1) is 19.3. The van der Waals surface area contributed by atoms with Crippen LogP contribution in [0.4, 0.5) is 18.9 Å². The molecule has 0 fully saturated rings. The van der Waals surface area contributed by atoms with Gasteiger partial charge >= 0.3 is 6.18 Å². The van der Waals surface area contributed by atoms with Gasteiger partial charge in [-0.05, 0) is 28.3 Å². The zero-order valence-electron chi connectivity index (χ0n) is 15.2. The second-order valence-corrected chi connectivity index (χ2v) is 7.94. The predicted molar refractivity (Wildman–Crippen MR) is 112 cm³/mol. The number of benzene rings is 4. The molecule has 4 aromatic carbocycles. The van der Waals surface area contributed by atoms with E-state index in [-0.39, 0.29) is 5.69 Å². The summed E-state index contributed by atoms with van der Waals surface area (Å²) in [6.07, 6.45) is -4.68. The maximum absolute atomic E-state index is 13.7. The normalized spacial score (nSPS) is 13.7. The Balaban J connectivity index is 1.76. The molecule has 0 aliphatic carbocycles. The van der Waals surface area contributed by atoms with Crippen molar-refractivity contribution in [2.75, 3.05) is 5.75 Å². The van der Waals surface area contributed by atoms with Crippen LogP contribution in [0.15, 0.2) is 94.8 Å². The van der Waals surface area contributed by atoms with Crippen LogP contribution in [-0.2, 0) is 10.8 Å². The molecule has 1 unspecified atom stereocenters. The Kier molecular flexibility index (Phi) is 5.20. The third-order valence-electron chi connectivity index (χ3n) is 4.61. The maximum Gasteiger partial charge on any atom is 0.430 e. The van der Waals surface area contributed by atoms with Crippen LogP contribution in [0, 0.1) is 0 Å². The molecule has 6 heteroatoms. The monoisotopic (exact) mass is 411 g/mol. The molecule has 0 bridgehead atoms. The third kappa shape index (κ3) is 4.07. The first-order valence-corrected chi connectivity index (χ1v) is 10.2. The second-order valence-electron chi connectivity index (χ2n) is 6.52. The summed E-state index contributed by atoms with van der Waals surface area (Å²) in [5.41, 5.74) is -0.842. The van der Waals surface area contributed by atoms with Crippen LogP contribution in [0.3, 0.4) is 0 Å². The van der Waals surface area contributed by atoms with Gasteiger partial charge < -0.3 is 0 Å². The van der Waals surface area contributed by atoms with Gasteiger partial charge in [0.05, 0.1) is 22.2 Å². The van der Waals surface area contributed by atoms with E-state index in [4.69, 9.17) is 0 Å². The molecule has 29 heavy (non-hydrogen) atoms. The average molecular weight is 411 g/mol. The van der Waals surface area contributed by atoms with Gasteiger partial charge in [0, 0.05) is 10.3 Å². The zero-order valence-corrected chi connectivity index (χ0v) is 16.0. The van der Waals surface area contributed by atoms with E-state index in [2.05, 4.69) is 4.99 Å². The number of nitrogens with zero attached hydrogens (tertiary/aromatic N) is 1. The van der Waals surface area contributed by atoms with Crippen molar-refractivity contribution in [1.82, 2.24) is 0 Å². The van der Waals surface area contributed by atoms with Gasteiger partial charge in [0.1, 0.15) is 5.71 Å². The summed E-state index contributed by atoms with van der Waals surface area (Å²) in [6, 6.07) is 24.5. The van der Waals surface area contributed by atoms with Crippen LogP contribution < -0.4 is 0 Å². The van der Waals surface area contributed by atoms with Crippen molar-refractivity contribution >= 4 is 43.7 Å². The highest BCUT2D eigenvalue weighted by molar-refractivity contribution is 7.86. The Morgan fingerprint density at radius 1 is 0.759 bits per heavy atom.